The Hall–Kier alpha value is -0.930. The Balaban J connectivity index is 2.18. The molecule has 1 heterocycles. The van der Waals surface area contributed by atoms with Gasteiger partial charge in [-0.2, -0.15) is 0 Å². The van der Waals surface area contributed by atoms with Crippen LogP contribution in [0.2, 0.25) is 5.02 Å². The summed E-state index contributed by atoms with van der Waals surface area (Å²) >= 11 is 9.54. The van der Waals surface area contributed by atoms with Crippen molar-refractivity contribution in [1.82, 2.24) is 0 Å². The van der Waals surface area contributed by atoms with Gasteiger partial charge in [0, 0.05) is 4.47 Å². The van der Waals surface area contributed by atoms with Crippen molar-refractivity contribution in [3.05, 3.63) is 51.3 Å². The van der Waals surface area contributed by atoms with Crippen molar-refractivity contribution in [3.8, 4) is 0 Å². The fourth-order valence-electron chi connectivity index (χ4n) is 1.60. The molecule has 0 aliphatic rings. The average Bonchev–Trinajstić information content (AvgIpc) is 2.70. The van der Waals surface area contributed by atoms with Gasteiger partial charge >= 0.3 is 0 Å². The lowest BCUT2D eigenvalue weighted by Crippen LogP contribution is -2.05. The lowest BCUT2D eigenvalue weighted by molar-refractivity contribution is 0.467. The summed E-state index contributed by atoms with van der Waals surface area (Å²) in [6, 6.07) is 9.72. The number of halogens is 2. The maximum absolute atomic E-state index is 6.12. The predicted octanol–water partition coefficient (Wildman–Crippen LogP) is 5.18. The molecular formula is C13H13BrClNO. The van der Waals surface area contributed by atoms with E-state index in [2.05, 4.69) is 21.2 Å². The van der Waals surface area contributed by atoms with E-state index in [1.807, 2.05) is 44.2 Å². The fraction of sp³-hybridized carbons (Fsp3) is 0.231. The summed E-state index contributed by atoms with van der Waals surface area (Å²) in [5, 5.41) is 4.02. The molecule has 0 aliphatic heterocycles. The minimum absolute atomic E-state index is 0.0792. The SMILES string of the molecule is Cc1ccc(C(C)Nc2cc(Br)ccc2Cl)o1. The van der Waals surface area contributed by atoms with E-state index in [1.54, 1.807) is 0 Å². The molecule has 2 aromatic rings. The third-order valence-electron chi connectivity index (χ3n) is 2.49. The predicted molar refractivity (Wildman–Crippen MR) is 74.6 cm³/mol. The van der Waals surface area contributed by atoms with E-state index in [1.165, 1.54) is 0 Å². The molecule has 1 atom stereocenters. The molecule has 1 aromatic carbocycles. The maximum atomic E-state index is 6.12. The van der Waals surface area contributed by atoms with Crippen LogP contribution in [0.25, 0.3) is 0 Å². The van der Waals surface area contributed by atoms with Crippen LogP contribution in [0.15, 0.2) is 39.2 Å². The smallest absolute Gasteiger partial charge is 0.126 e. The molecule has 1 N–H and O–H groups in total. The summed E-state index contributed by atoms with van der Waals surface area (Å²) in [4.78, 5) is 0. The fourth-order valence-corrected chi connectivity index (χ4v) is 2.13. The zero-order valence-corrected chi connectivity index (χ0v) is 12.0. The van der Waals surface area contributed by atoms with Crippen molar-refractivity contribution in [2.75, 3.05) is 5.32 Å². The summed E-state index contributed by atoms with van der Waals surface area (Å²) in [6.45, 7) is 3.97. The number of anilines is 1. The van der Waals surface area contributed by atoms with Crippen LogP contribution in [0.3, 0.4) is 0 Å². The number of hydrogen-bond acceptors (Lipinski definition) is 2. The topological polar surface area (TPSA) is 25.2 Å². The minimum atomic E-state index is 0.0792. The van der Waals surface area contributed by atoms with Crippen LogP contribution in [0.1, 0.15) is 24.5 Å². The van der Waals surface area contributed by atoms with Crippen molar-refractivity contribution in [2.24, 2.45) is 0 Å². The summed E-state index contributed by atoms with van der Waals surface area (Å²) in [5.74, 6) is 1.81. The molecule has 0 aliphatic carbocycles. The van der Waals surface area contributed by atoms with Crippen LogP contribution in [0, 0.1) is 6.92 Å². The van der Waals surface area contributed by atoms with E-state index >= 15 is 0 Å². The third kappa shape index (κ3) is 3.05. The highest BCUT2D eigenvalue weighted by atomic mass is 79.9. The standard InChI is InChI=1S/C13H13BrClNO/c1-8-3-6-13(17-8)9(2)16-12-7-10(14)4-5-11(12)15/h3-7,9,16H,1-2H3. The van der Waals surface area contributed by atoms with Gasteiger partial charge in [-0.1, -0.05) is 27.5 Å². The summed E-state index contributed by atoms with van der Waals surface area (Å²) in [7, 11) is 0. The molecule has 2 nitrogen and oxygen atoms in total. The van der Waals surface area contributed by atoms with E-state index in [9.17, 15) is 0 Å². The minimum Gasteiger partial charge on any atom is -0.464 e. The van der Waals surface area contributed by atoms with Crippen molar-refractivity contribution in [3.63, 3.8) is 0 Å². The van der Waals surface area contributed by atoms with Gasteiger partial charge < -0.3 is 9.73 Å². The molecule has 0 saturated carbocycles. The quantitative estimate of drug-likeness (QED) is 0.844. The van der Waals surface area contributed by atoms with Crippen molar-refractivity contribution >= 4 is 33.2 Å². The summed E-state index contributed by atoms with van der Waals surface area (Å²) < 4.78 is 6.56. The second-order valence-electron chi connectivity index (χ2n) is 3.94. The molecular weight excluding hydrogens is 302 g/mol. The number of rotatable bonds is 3. The molecule has 4 heteroatoms. The molecule has 2 rings (SSSR count). The Kier molecular flexibility index (Phi) is 3.79. The molecule has 17 heavy (non-hydrogen) atoms. The molecule has 0 fully saturated rings. The van der Waals surface area contributed by atoms with Gasteiger partial charge in [0.15, 0.2) is 0 Å². The Morgan fingerprint density at radius 2 is 2.06 bits per heavy atom. The van der Waals surface area contributed by atoms with Crippen LogP contribution in [-0.4, -0.2) is 0 Å². The van der Waals surface area contributed by atoms with Crippen LogP contribution < -0.4 is 5.32 Å². The van der Waals surface area contributed by atoms with Gasteiger partial charge in [0.2, 0.25) is 0 Å². The molecule has 0 radical (unpaired) electrons. The van der Waals surface area contributed by atoms with Crippen LogP contribution >= 0.6 is 27.5 Å². The number of hydrogen-bond donors (Lipinski definition) is 1. The van der Waals surface area contributed by atoms with E-state index in [0.29, 0.717) is 5.02 Å². The first-order valence-corrected chi connectivity index (χ1v) is 6.51. The number of furan rings is 1. The number of benzene rings is 1. The summed E-state index contributed by atoms with van der Waals surface area (Å²) in [5.41, 5.74) is 0.891. The van der Waals surface area contributed by atoms with Gasteiger partial charge in [-0.15, -0.1) is 0 Å². The Morgan fingerprint density at radius 1 is 1.29 bits per heavy atom. The first kappa shape index (κ1) is 12.5. The molecule has 0 amide bonds. The molecule has 0 bridgehead atoms. The Bertz CT molecular complexity index is 524. The lowest BCUT2D eigenvalue weighted by atomic mass is 10.2. The molecule has 0 saturated heterocycles. The molecule has 1 unspecified atom stereocenters. The number of aryl methyl sites for hydroxylation is 1. The first-order valence-electron chi connectivity index (χ1n) is 5.34. The van der Waals surface area contributed by atoms with Crippen molar-refractivity contribution in [2.45, 2.75) is 19.9 Å². The highest BCUT2D eigenvalue weighted by Crippen LogP contribution is 2.29. The van der Waals surface area contributed by atoms with E-state index in [-0.39, 0.29) is 6.04 Å². The average molecular weight is 315 g/mol. The lowest BCUT2D eigenvalue weighted by Gasteiger charge is -2.14. The van der Waals surface area contributed by atoms with Gasteiger partial charge in [-0.05, 0) is 44.2 Å². The maximum Gasteiger partial charge on any atom is 0.126 e. The van der Waals surface area contributed by atoms with Crippen molar-refractivity contribution < 1.29 is 4.42 Å². The molecule has 90 valence electrons. The molecule has 1 aromatic heterocycles. The largest absolute Gasteiger partial charge is 0.464 e. The van der Waals surface area contributed by atoms with Crippen LogP contribution in [0.4, 0.5) is 5.69 Å². The van der Waals surface area contributed by atoms with Gasteiger partial charge in [0.05, 0.1) is 16.8 Å². The highest BCUT2D eigenvalue weighted by molar-refractivity contribution is 9.10. The van der Waals surface area contributed by atoms with Gasteiger partial charge in [-0.25, -0.2) is 0 Å². The Labute approximate surface area is 114 Å². The molecule has 0 spiro atoms. The van der Waals surface area contributed by atoms with Gasteiger partial charge in [0.1, 0.15) is 11.5 Å². The van der Waals surface area contributed by atoms with Crippen LogP contribution in [-0.2, 0) is 0 Å². The third-order valence-corrected chi connectivity index (χ3v) is 3.31. The van der Waals surface area contributed by atoms with Crippen LogP contribution in [0.5, 0.6) is 0 Å². The van der Waals surface area contributed by atoms with Crippen molar-refractivity contribution in [1.29, 1.82) is 0 Å². The second-order valence-corrected chi connectivity index (χ2v) is 5.26. The van der Waals surface area contributed by atoms with Gasteiger partial charge in [0.25, 0.3) is 0 Å². The Morgan fingerprint density at radius 3 is 2.71 bits per heavy atom. The monoisotopic (exact) mass is 313 g/mol. The zero-order chi connectivity index (χ0) is 12.4. The normalized spacial score (nSPS) is 12.5. The van der Waals surface area contributed by atoms with Gasteiger partial charge in [-0.3, -0.25) is 0 Å². The van der Waals surface area contributed by atoms with E-state index < -0.39 is 0 Å². The zero-order valence-electron chi connectivity index (χ0n) is 9.63. The van der Waals surface area contributed by atoms with E-state index in [0.717, 1.165) is 21.7 Å². The summed E-state index contributed by atoms with van der Waals surface area (Å²) in [6.07, 6.45) is 0. The van der Waals surface area contributed by atoms with E-state index in [4.69, 9.17) is 16.0 Å². The second kappa shape index (κ2) is 5.15. The highest BCUT2D eigenvalue weighted by Gasteiger charge is 2.11. The number of nitrogens with one attached hydrogen (secondary N) is 1. The first-order chi connectivity index (χ1) is 8.06.